The topological polar surface area (TPSA) is 32.5 Å². The van der Waals surface area contributed by atoms with Crippen LogP contribution < -0.4 is 31.4 Å². The van der Waals surface area contributed by atoms with Crippen molar-refractivity contribution in [2.24, 2.45) is 0 Å². The van der Waals surface area contributed by atoms with Gasteiger partial charge in [0.2, 0.25) is 0 Å². The molecule has 54 heavy (non-hydrogen) atoms. The third kappa shape index (κ3) is 5.01. The van der Waals surface area contributed by atoms with E-state index in [1.54, 1.807) is 0 Å². The molecule has 4 nitrogen and oxygen atoms in total. The Balaban J connectivity index is 1.27. The molecule has 2 aliphatic heterocycles. The second kappa shape index (κ2) is 11.8. The van der Waals surface area contributed by atoms with Crippen LogP contribution in [0, 0.1) is 0 Å². The number of hydrogen-bond acceptors (Lipinski definition) is 4. The van der Waals surface area contributed by atoms with Gasteiger partial charge in [0.05, 0.1) is 11.3 Å². The lowest BCUT2D eigenvalue weighted by molar-refractivity contribution is 0.590. The summed E-state index contributed by atoms with van der Waals surface area (Å²) >= 11 is 0. The van der Waals surface area contributed by atoms with Crippen LogP contribution in [0.4, 0.5) is 28.4 Å². The minimum Gasteiger partial charge on any atom is -0.469 e. The van der Waals surface area contributed by atoms with Crippen molar-refractivity contribution < 1.29 is 4.42 Å². The average Bonchev–Trinajstić information content (AvgIpc) is 3.56. The molecule has 0 spiro atoms. The Morgan fingerprint density at radius 3 is 2.13 bits per heavy atom. The number of furan rings is 1. The molecule has 0 saturated carbocycles. The van der Waals surface area contributed by atoms with E-state index < -0.39 is 0 Å². The second-order valence-electron chi connectivity index (χ2n) is 17.2. The van der Waals surface area contributed by atoms with Crippen molar-refractivity contribution >= 4 is 69.0 Å². The molecule has 10 rings (SSSR count). The summed E-state index contributed by atoms with van der Waals surface area (Å²) in [6.45, 7) is 13.7. The van der Waals surface area contributed by atoms with Gasteiger partial charge in [0.15, 0.2) is 0 Å². The zero-order valence-corrected chi connectivity index (χ0v) is 31.9. The molecule has 2 aromatic heterocycles. The van der Waals surface area contributed by atoms with Gasteiger partial charge in [-0.2, -0.15) is 0 Å². The van der Waals surface area contributed by atoms with Crippen LogP contribution in [0.5, 0.6) is 0 Å². The summed E-state index contributed by atoms with van der Waals surface area (Å²) in [6.07, 6.45) is 7.22. The molecular weight excluding hydrogens is 657 g/mol. The summed E-state index contributed by atoms with van der Waals surface area (Å²) in [5.74, 6) is 0.157. The highest BCUT2D eigenvalue weighted by molar-refractivity contribution is 6.92. The van der Waals surface area contributed by atoms with Crippen LogP contribution in [-0.2, 0) is 10.8 Å². The average molecular weight is 702 g/mol. The third-order valence-corrected chi connectivity index (χ3v) is 11.8. The molecule has 1 unspecified atom stereocenters. The number of hydrogen-bond donors (Lipinski definition) is 0. The summed E-state index contributed by atoms with van der Waals surface area (Å²) < 4.78 is 7.20. The maximum Gasteiger partial charge on any atom is 0.272 e. The Morgan fingerprint density at radius 1 is 0.667 bits per heavy atom. The summed E-state index contributed by atoms with van der Waals surface area (Å²) in [7, 11) is 0. The monoisotopic (exact) mass is 701 g/mol. The van der Waals surface area contributed by atoms with Crippen LogP contribution in [0.3, 0.4) is 0 Å². The number of nitrogens with zero attached hydrogens (tertiary/aromatic N) is 3. The molecule has 0 amide bonds. The van der Waals surface area contributed by atoms with Gasteiger partial charge in [0, 0.05) is 51.4 Å². The Labute approximate surface area is 318 Å². The van der Waals surface area contributed by atoms with Crippen LogP contribution in [0.25, 0.3) is 33.9 Å². The van der Waals surface area contributed by atoms with Crippen molar-refractivity contribution in [1.82, 2.24) is 4.98 Å². The van der Waals surface area contributed by atoms with E-state index in [1.165, 1.54) is 55.2 Å². The van der Waals surface area contributed by atoms with Gasteiger partial charge >= 0.3 is 0 Å². The molecule has 0 bridgehead atoms. The maximum atomic E-state index is 7.20. The number of aromatic nitrogens is 1. The maximum absolute atomic E-state index is 7.20. The van der Waals surface area contributed by atoms with Gasteiger partial charge in [-0.3, -0.25) is 4.98 Å². The van der Waals surface area contributed by atoms with Crippen molar-refractivity contribution in [2.75, 3.05) is 9.80 Å². The summed E-state index contributed by atoms with van der Waals surface area (Å²) in [6, 6.07) is 44.9. The van der Waals surface area contributed by atoms with Crippen LogP contribution in [0.1, 0.15) is 59.1 Å². The van der Waals surface area contributed by atoms with Crippen LogP contribution >= 0.6 is 0 Å². The Kier molecular flexibility index (Phi) is 7.20. The van der Waals surface area contributed by atoms with E-state index >= 15 is 0 Å². The SMILES string of the molecule is CC(C)(C)c1ccc(-c2cccc(N3c4cccc5c4B(c4oc6ccc(C(C)(C)C)cc6c43)C3CC=c4cnccc4=C3N5c3ccccc3)c2)cc1. The van der Waals surface area contributed by atoms with Gasteiger partial charge in [-0.05, 0) is 111 Å². The van der Waals surface area contributed by atoms with Gasteiger partial charge in [0.1, 0.15) is 5.58 Å². The molecule has 1 atom stereocenters. The van der Waals surface area contributed by atoms with E-state index in [9.17, 15) is 0 Å². The molecule has 7 aromatic rings. The van der Waals surface area contributed by atoms with Crippen molar-refractivity contribution in [2.45, 2.75) is 64.6 Å². The fourth-order valence-corrected chi connectivity index (χ4v) is 9.09. The molecular formula is C49H44BN3O. The van der Waals surface area contributed by atoms with E-state index in [-0.39, 0.29) is 23.4 Å². The summed E-state index contributed by atoms with van der Waals surface area (Å²) in [5, 5.41) is 3.58. The van der Waals surface area contributed by atoms with E-state index in [2.05, 4.69) is 184 Å². The molecule has 5 aromatic carbocycles. The Hall–Kier alpha value is -5.81. The predicted octanol–water partition coefficient (Wildman–Crippen LogP) is 10.00. The lowest BCUT2D eigenvalue weighted by Crippen LogP contribution is -2.59. The van der Waals surface area contributed by atoms with Crippen LogP contribution in [-0.4, -0.2) is 11.7 Å². The standard InChI is InChI=1S/C49H44BN3O/c1-48(2,3)34-21-18-31(19-22-34)32-12-10-15-37(28-32)53-42-17-11-16-41-44(42)50(47-46(53)39-29-35(49(4,5)6)23-25-43(39)54-47)40-24-20-33-30-51-27-26-38(33)45(40)52(41)36-13-8-7-9-14-36/h7-23,25-30,40H,24H2,1-6H3. The lowest BCUT2D eigenvalue weighted by Gasteiger charge is -2.46. The lowest BCUT2D eigenvalue weighted by atomic mass is 9.31. The Morgan fingerprint density at radius 2 is 1.37 bits per heavy atom. The van der Waals surface area contributed by atoms with Crippen molar-refractivity contribution in [3.8, 4) is 11.1 Å². The van der Waals surface area contributed by atoms with Gasteiger partial charge < -0.3 is 14.2 Å². The number of pyridine rings is 1. The highest BCUT2D eigenvalue weighted by atomic mass is 16.3. The minimum atomic E-state index is -0.0138. The first-order valence-corrected chi connectivity index (χ1v) is 19.3. The summed E-state index contributed by atoms with van der Waals surface area (Å²) in [4.78, 5) is 9.54. The highest BCUT2D eigenvalue weighted by Crippen LogP contribution is 2.51. The molecule has 1 aliphatic carbocycles. The van der Waals surface area contributed by atoms with E-state index in [4.69, 9.17) is 4.42 Å². The largest absolute Gasteiger partial charge is 0.469 e. The molecule has 264 valence electrons. The number of fused-ring (bicyclic) bond motifs is 7. The summed E-state index contributed by atoms with van der Waals surface area (Å²) in [5.41, 5.74) is 15.5. The smallest absolute Gasteiger partial charge is 0.272 e. The predicted molar refractivity (Wildman–Crippen MR) is 227 cm³/mol. The van der Waals surface area contributed by atoms with Gasteiger partial charge in [-0.1, -0.05) is 114 Å². The highest BCUT2D eigenvalue weighted by Gasteiger charge is 2.51. The zero-order chi connectivity index (χ0) is 36.9. The van der Waals surface area contributed by atoms with Crippen molar-refractivity contribution in [1.29, 1.82) is 0 Å². The van der Waals surface area contributed by atoms with Gasteiger partial charge in [-0.15, -0.1) is 0 Å². The van der Waals surface area contributed by atoms with Crippen LogP contribution in [0.15, 0.2) is 138 Å². The van der Waals surface area contributed by atoms with E-state index in [1.807, 2.05) is 12.4 Å². The third-order valence-electron chi connectivity index (χ3n) is 11.8. The second-order valence-corrected chi connectivity index (χ2v) is 17.2. The first kappa shape index (κ1) is 32.8. The van der Waals surface area contributed by atoms with E-state index in [0.717, 1.165) is 40.1 Å². The number of benzene rings is 5. The van der Waals surface area contributed by atoms with Gasteiger partial charge in [-0.25, -0.2) is 0 Å². The fourth-order valence-electron chi connectivity index (χ4n) is 9.09. The zero-order valence-electron chi connectivity index (χ0n) is 31.9. The first-order chi connectivity index (χ1) is 26.1. The molecule has 0 radical (unpaired) electrons. The van der Waals surface area contributed by atoms with Gasteiger partial charge in [0.25, 0.3) is 6.71 Å². The molecule has 3 aliphatic rings. The minimum absolute atomic E-state index is 0.0138. The Bertz CT molecular complexity index is 2730. The number of para-hydroxylation sites is 1. The molecule has 4 heterocycles. The molecule has 5 heteroatoms. The molecule has 0 fully saturated rings. The number of rotatable bonds is 3. The van der Waals surface area contributed by atoms with Crippen molar-refractivity contribution in [3.05, 3.63) is 155 Å². The normalized spacial score (nSPS) is 16.1. The quantitative estimate of drug-likeness (QED) is 0.172. The molecule has 0 saturated heterocycles. The fraction of sp³-hybridized carbons (Fsp3) is 0.204. The van der Waals surface area contributed by atoms with E-state index in [0.29, 0.717) is 0 Å². The molecule has 0 N–H and O–H groups in total. The van der Waals surface area contributed by atoms with Crippen molar-refractivity contribution in [3.63, 3.8) is 0 Å². The first-order valence-electron chi connectivity index (χ1n) is 19.3. The van der Waals surface area contributed by atoms with Crippen LogP contribution in [0.2, 0.25) is 5.82 Å². The number of anilines is 5.